The largest absolute Gasteiger partial charge is 0.459 e. The second kappa shape index (κ2) is 7.66. The molecular weight excluding hydrogens is 338 g/mol. The maximum absolute atomic E-state index is 13.8. The molecule has 1 aromatic heterocycles. The number of halogens is 2. The van der Waals surface area contributed by atoms with Crippen molar-refractivity contribution in [1.82, 2.24) is 10.6 Å². The molecule has 0 saturated heterocycles. The number of benzene rings is 2. The molecule has 0 unspecified atom stereocenters. The van der Waals surface area contributed by atoms with E-state index in [1.807, 2.05) is 37.3 Å². The van der Waals surface area contributed by atoms with Crippen molar-refractivity contribution in [1.29, 1.82) is 0 Å². The van der Waals surface area contributed by atoms with Crippen LogP contribution in [0.2, 0.25) is 0 Å². The van der Waals surface area contributed by atoms with Gasteiger partial charge in [-0.2, -0.15) is 0 Å². The predicted molar refractivity (Wildman–Crippen MR) is 95.5 cm³/mol. The summed E-state index contributed by atoms with van der Waals surface area (Å²) in [6, 6.07) is 12.2. The first kappa shape index (κ1) is 18.1. The Hall–Kier alpha value is -2.73. The van der Waals surface area contributed by atoms with Gasteiger partial charge in [-0.3, -0.25) is 4.79 Å². The van der Waals surface area contributed by atoms with Gasteiger partial charge in [-0.15, -0.1) is 0 Å². The van der Waals surface area contributed by atoms with Crippen LogP contribution in [0.1, 0.15) is 37.3 Å². The molecule has 0 spiro atoms. The quantitative estimate of drug-likeness (QED) is 0.693. The predicted octanol–water partition coefficient (Wildman–Crippen LogP) is 4.24. The van der Waals surface area contributed by atoms with Crippen molar-refractivity contribution in [3.8, 4) is 0 Å². The van der Waals surface area contributed by atoms with Gasteiger partial charge in [0.15, 0.2) is 0 Å². The summed E-state index contributed by atoms with van der Waals surface area (Å²) >= 11 is 0. The molecule has 0 aliphatic heterocycles. The summed E-state index contributed by atoms with van der Waals surface area (Å²) in [5, 5.41) is 6.75. The summed E-state index contributed by atoms with van der Waals surface area (Å²) in [5.41, 5.74) is 1.08. The van der Waals surface area contributed by atoms with Crippen LogP contribution < -0.4 is 10.6 Å². The molecule has 2 aromatic carbocycles. The minimum absolute atomic E-state index is 0.00253. The Kier molecular flexibility index (Phi) is 5.32. The molecule has 0 fully saturated rings. The standard InChI is InChI=1S/C20H20F2N2O2/c1-12(16-8-7-15(21)10-17(16)22)23-11-20(25)24-13(2)19-9-14-5-3-4-6-18(14)26-19/h3-10,12-13,23H,11H2,1-2H3,(H,24,25)/t12-,13-/m0/s1. The van der Waals surface area contributed by atoms with E-state index in [1.54, 1.807) is 6.92 Å². The fraction of sp³-hybridized carbons (Fsp3) is 0.250. The third-order valence-corrected chi connectivity index (χ3v) is 4.25. The highest BCUT2D eigenvalue weighted by atomic mass is 19.1. The number of para-hydroxylation sites is 1. The van der Waals surface area contributed by atoms with E-state index in [0.717, 1.165) is 17.0 Å². The van der Waals surface area contributed by atoms with Gasteiger partial charge in [-0.1, -0.05) is 24.3 Å². The molecule has 26 heavy (non-hydrogen) atoms. The first-order chi connectivity index (χ1) is 12.4. The Morgan fingerprint density at radius 1 is 1.08 bits per heavy atom. The molecule has 0 saturated carbocycles. The SMILES string of the molecule is C[C@H](NC(=O)CN[C@@H](C)c1ccc(F)cc1F)c1cc2ccccc2o1. The number of hydrogen-bond acceptors (Lipinski definition) is 3. The minimum atomic E-state index is -0.638. The van der Waals surface area contributed by atoms with Gasteiger partial charge < -0.3 is 15.1 Å². The van der Waals surface area contributed by atoms with Crippen molar-refractivity contribution in [3.05, 3.63) is 71.5 Å². The first-order valence-electron chi connectivity index (χ1n) is 8.40. The van der Waals surface area contributed by atoms with Crippen molar-refractivity contribution in [2.24, 2.45) is 0 Å². The zero-order valence-corrected chi connectivity index (χ0v) is 14.6. The smallest absolute Gasteiger partial charge is 0.234 e. The van der Waals surface area contributed by atoms with Crippen molar-refractivity contribution in [2.45, 2.75) is 25.9 Å². The van der Waals surface area contributed by atoms with Crippen molar-refractivity contribution >= 4 is 16.9 Å². The van der Waals surface area contributed by atoms with Gasteiger partial charge in [0.1, 0.15) is 23.0 Å². The Labute approximate surface area is 150 Å². The molecule has 3 rings (SSSR count). The van der Waals surface area contributed by atoms with Crippen LogP contribution in [-0.2, 0) is 4.79 Å². The van der Waals surface area contributed by atoms with Crippen molar-refractivity contribution in [2.75, 3.05) is 6.54 Å². The van der Waals surface area contributed by atoms with Gasteiger partial charge in [-0.25, -0.2) is 8.78 Å². The van der Waals surface area contributed by atoms with E-state index in [1.165, 1.54) is 12.1 Å². The number of fused-ring (bicyclic) bond motifs is 1. The van der Waals surface area contributed by atoms with Gasteiger partial charge in [0, 0.05) is 23.1 Å². The van der Waals surface area contributed by atoms with Gasteiger partial charge in [-0.05, 0) is 32.0 Å². The molecule has 0 aliphatic carbocycles. The summed E-state index contributed by atoms with van der Waals surface area (Å²) in [6.45, 7) is 3.55. The van der Waals surface area contributed by atoms with E-state index in [-0.39, 0.29) is 18.5 Å². The number of rotatable bonds is 6. The van der Waals surface area contributed by atoms with E-state index in [0.29, 0.717) is 11.3 Å². The van der Waals surface area contributed by atoms with Crippen LogP contribution in [0.25, 0.3) is 11.0 Å². The minimum Gasteiger partial charge on any atom is -0.459 e. The van der Waals surface area contributed by atoms with Gasteiger partial charge in [0.05, 0.1) is 12.6 Å². The maximum atomic E-state index is 13.8. The fourth-order valence-corrected chi connectivity index (χ4v) is 2.79. The first-order valence-corrected chi connectivity index (χ1v) is 8.40. The topological polar surface area (TPSA) is 54.3 Å². The number of carbonyl (C=O) groups is 1. The molecular formula is C20H20F2N2O2. The van der Waals surface area contributed by atoms with E-state index in [4.69, 9.17) is 4.42 Å². The van der Waals surface area contributed by atoms with Crippen LogP contribution in [0.15, 0.2) is 52.9 Å². The zero-order valence-electron chi connectivity index (χ0n) is 14.6. The summed E-state index contributed by atoms with van der Waals surface area (Å²) in [5.74, 6) is -0.846. The Morgan fingerprint density at radius 2 is 1.85 bits per heavy atom. The van der Waals surface area contributed by atoms with Crippen LogP contribution in [0.3, 0.4) is 0 Å². The van der Waals surface area contributed by atoms with E-state index in [9.17, 15) is 13.6 Å². The molecule has 2 atom stereocenters. The highest BCUT2D eigenvalue weighted by molar-refractivity contribution is 5.80. The molecule has 3 aromatic rings. The third-order valence-electron chi connectivity index (χ3n) is 4.25. The second-order valence-electron chi connectivity index (χ2n) is 6.24. The molecule has 6 heteroatoms. The second-order valence-corrected chi connectivity index (χ2v) is 6.24. The van der Waals surface area contributed by atoms with Crippen LogP contribution in [0.5, 0.6) is 0 Å². The molecule has 1 heterocycles. The fourth-order valence-electron chi connectivity index (χ4n) is 2.79. The molecule has 136 valence electrons. The Morgan fingerprint density at radius 3 is 2.58 bits per heavy atom. The van der Waals surface area contributed by atoms with Gasteiger partial charge in [0.25, 0.3) is 0 Å². The lowest BCUT2D eigenvalue weighted by atomic mass is 10.1. The van der Waals surface area contributed by atoms with E-state index in [2.05, 4.69) is 10.6 Å². The van der Waals surface area contributed by atoms with Crippen molar-refractivity contribution in [3.63, 3.8) is 0 Å². The lowest BCUT2D eigenvalue weighted by Crippen LogP contribution is -2.36. The Bertz CT molecular complexity index is 890. The van der Waals surface area contributed by atoms with Gasteiger partial charge in [0.2, 0.25) is 5.91 Å². The number of amides is 1. The monoisotopic (exact) mass is 358 g/mol. The van der Waals surface area contributed by atoms with Crippen LogP contribution in [-0.4, -0.2) is 12.5 Å². The summed E-state index contributed by atoms with van der Waals surface area (Å²) in [4.78, 5) is 12.1. The lowest BCUT2D eigenvalue weighted by molar-refractivity contribution is -0.121. The number of furan rings is 1. The summed E-state index contributed by atoms with van der Waals surface area (Å²) < 4.78 is 32.5. The lowest BCUT2D eigenvalue weighted by Gasteiger charge is -2.16. The van der Waals surface area contributed by atoms with Crippen molar-refractivity contribution < 1.29 is 18.0 Å². The average molecular weight is 358 g/mol. The van der Waals surface area contributed by atoms with E-state index >= 15 is 0 Å². The maximum Gasteiger partial charge on any atom is 0.234 e. The third kappa shape index (κ3) is 4.08. The molecule has 2 N–H and O–H groups in total. The molecule has 0 bridgehead atoms. The molecule has 4 nitrogen and oxygen atoms in total. The highest BCUT2D eigenvalue weighted by Crippen LogP contribution is 2.23. The zero-order chi connectivity index (χ0) is 18.7. The molecule has 1 amide bonds. The number of carbonyl (C=O) groups excluding carboxylic acids is 1. The molecule has 0 radical (unpaired) electrons. The number of nitrogens with one attached hydrogen (secondary N) is 2. The summed E-state index contributed by atoms with van der Waals surface area (Å²) in [7, 11) is 0. The van der Waals surface area contributed by atoms with Crippen LogP contribution in [0.4, 0.5) is 8.78 Å². The normalized spacial score (nSPS) is 13.5. The van der Waals surface area contributed by atoms with E-state index < -0.39 is 17.7 Å². The highest BCUT2D eigenvalue weighted by Gasteiger charge is 2.16. The number of hydrogen-bond donors (Lipinski definition) is 2. The average Bonchev–Trinajstić information content (AvgIpc) is 3.04. The Balaban J connectivity index is 1.56. The van der Waals surface area contributed by atoms with Crippen LogP contribution >= 0.6 is 0 Å². The van der Waals surface area contributed by atoms with Gasteiger partial charge >= 0.3 is 0 Å². The van der Waals surface area contributed by atoms with Crippen LogP contribution in [0, 0.1) is 11.6 Å². The molecule has 0 aliphatic rings. The summed E-state index contributed by atoms with van der Waals surface area (Å²) in [6.07, 6.45) is 0.